The Bertz CT molecular complexity index is 719. The summed E-state index contributed by atoms with van der Waals surface area (Å²) in [6.45, 7) is 0. The van der Waals surface area contributed by atoms with E-state index in [1.165, 1.54) is 7.11 Å². The zero-order chi connectivity index (χ0) is 16.1. The predicted octanol–water partition coefficient (Wildman–Crippen LogP) is 3.14. The molecule has 0 aliphatic rings. The number of hydrogen-bond donors (Lipinski definition) is 2. The maximum absolute atomic E-state index is 11.5. The number of nitrogens with zero attached hydrogens (tertiary/aromatic N) is 1. The minimum Gasteiger partial charge on any atom is -0.497 e. The number of rotatable bonds is 5. The van der Waals surface area contributed by atoms with Crippen LogP contribution in [0.5, 0.6) is 5.75 Å². The number of carbonyl (C=O) groups excluding carboxylic acids is 1. The van der Waals surface area contributed by atoms with E-state index in [0.29, 0.717) is 22.8 Å². The number of benzene rings is 1. The van der Waals surface area contributed by atoms with Crippen LogP contribution >= 0.6 is 15.9 Å². The molecule has 0 fully saturated rings. The van der Waals surface area contributed by atoms with Crippen LogP contribution < -0.4 is 10.1 Å². The minimum atomic E-state index is -0.720. The van der Waals surface area contributed by atoms with Gasteiger partial charge in [-0.3, -0.25) is 5.41 Å². The molecule has 0 saturated heterocycles. The molecule has 0 aliphatic heterocycles. The van der Waals surface area contributed by atoms with Crippen molar-refractivity contribution in [1.29, 1.82) is 5.41 Å². The van der Waals surface area contributed by atoms with E-state index < -0.39 is 5.97 Å². The van der Waals surface area contributed by atoms with E-state index in [-0.39, 0.29) is 5.71 Å². The molecule has 0 saturated carbocycles. The van der Waals surface area contributed by atoms with Crippen LogP contribution in [0, 0.1) is 5.41 Å². The fourth-order valence-corrected chi connectivity index (χ4v) is 2.28. The van der Waals surface area contributed by atoms with Crippen LogP contribution in [0.2, 0.25) is 0 Å². The Labute approximate surface area is 136 Å². The highest BCUT2D eigenvalue weighted by atomic mass is 79.9. The van der Waals surface area contributed by atoms with Crippen LogP contribution in [-0.2, 0) is 9.53 Å². The Hall–Kier alpha value is -2.41. The number of methoxy groups -OCH3 is 2. The van der Waals surface area contributed by atoms with Gasteiger partial charge in [0.15, 0.2) is 5.71 Å². The van der Waals surface area contributed by atoms with Gasteiger partial charge in [0.2, 0.25) is 0 Å². The van der Waals surface area contributed by atoms with E-state index in [1.807, 2.05) is 12.1 Å². The van der Waals surface area contributed by atoms with Gasteiger partial charge in [-0.1, -0.05) is 15.9 Å². The molecule has 1 heterocycles. The molecule has 1 aromatic heterocycles. The average Bonchev–Trinajstić information content (AvgIpc) is 2.53. The van der Waals surface area contributed by atoms with Crippen LogP contribution in [0.1, 0.15) is 5.56 Å². The highest BCUT2D eigenvalue weighted by Crippen LogP contribution is 2.27. The monoisotopic (exact) mass is 363 g/mol. The summed E-state index contributed by atoms with van der Waals surface area (Å²) in [5.41, 5.74) is 0.803. The first-order chi connectivity index (χ1) is 10.5. The van der Waals surface area contributed by atoms with Crippen molar-refractivity contribution in [2.45, 2.75) is 0 Å². The van der Waals surface area contributed by atoms with Crippen LogP contribution in [0.25, 0.3) is 0 Å². The van der Waals surface area contributed by atoms with Crippen molar-refractivity contribution in [2.75, 3.05) is 19.5 Å². The zero-order valence-corrected chi connectivity index (χ0v) is 13.6. The lowest BCUT2D eigenvalue weighted by molar-refractivity contribution is -0.132. The van der Waals surface area contributed by atoms with Gasteiger partial charge in [0.25, 0.3) is 0 Å². The molecule has 0 amide bonds. The van der Waals surface area contributed by atoms with Crippen molar-refractivity contribution in [2.24, 2.45) is 0 Å². The van der Waals surface area contributed by atoms with Crippen molar-refractivity contribution >= 4 is 39.1 Å². The molecule has 2 aromatic rings. The molecule has 0 spiro atoms. The number of aromatic nitrogens is 1. The predicted molar refractivity (Wildman–Crippen MR) is 87.1 cm³/mol. The minimum absolute atomic E-state index is 0.264. The number of carbonyl (C=O) groups is 1. The lowest BCUT2D eigenvalue weighted by atomic mass is 10.1. The zero-order valence-electron chi connectivity index (χ0n) is 12.0. The smallest absolute Gasteiger partial charge is 0.356 e. The number of anilines is 2. The number of ether oxygens (including phenoxy) is 2. The standard InChI is InChI=1S/C15H14BrN3O3/c1-21-11-7-9(16)6-10(8-11)19-14-12(4-3-5-18-14)13(17)15(20)22-2/h3-8,17H,1-2H3,(H,18,19). The van der Waals surface area contributed by atoms with Gasteiger partial charge >= 0.3 is 5.97 Å². The second-order valence-corrected chi connectivity index (χ2v) is 5.19. The van der Waals surface area contributed by atoms with Crippen molar-refractivity contribution < 1.29 is 14.3 Å². The molecule has 22 heavy (non-hydrogen) atoms. The van der Waals surface area contributed by atoms with Gasteiger partial charge in [-0.15, -0.1) is 0 Å². The fourth-order valence-electron chi connectivity index (χ4n) is 1.81. The molecule has 1 aromatic carbocycles. The van der Waals surface area contributed by atoms with Crippen molar-refractivity contribution in [3.05, 3.63) is 46.6 Å². The summed E-state index contributed by atoms with van der Waals surface area (Å²) in [6, 6.07) is 8.72. The maximum atomic E-state index is 11.5. The van der Waals surface area contributed by atoms with Gasteiger partial charge in [0.05, 0.1) is 14.2 Å². The summed E-state index contributed by atoms with van der Waals surface area (Å²) < 4.78 is 10.6. The van der Waals surface area contributed by atoms with E-state index >= 15 is 0 Å². The molecule has 6 nitrogen and oxygen atoms in total. The van der Waals surface area contributed by atoms with Gasteiger partial charge in [0.1, 0.15) is 11.6 Å². The van der Waals surface area contributed by atoms with Crippen molar-refractivity contribution in [1.82, 2.24) is 4.98 Å². The fraction of sp³-hybridized carbons (Fsp3) is 0.133. The molecule has 0 bridgehead atoms. The summed E-state index contributed by atoms with van der Waals surface area (Å²) in [4.78, 5) is 15.7. The van der Waals surface area contributed by atoms with Gasteiger partial charge in [0, 0.05) is 28.0 Å². The van der Waals surface area contributed by atoms with Gasteiger partial charge in [-0.2, -0.15) is 0 Å². The average molecular weight is 364 g/mol. The Morgan fingerprint density at radius 1 is 1.32 bits per heavy atom. The molecule has 0 aliphatic carbocycles. The molecular weight excluding hydrogens is 350 g/mol. The van der Waals surface area contributed by atoms with Crippen LogP contribution in [0.15, 0.2) is 41.0 Å². The topological polar surface area (TPSA) is 84.3 Å². The third-order valence-corrected chi connectivity index (χ3v) is 3.29. The maximum Gasteiger partial charge on any atom is 0.356 e. The Kier molecular flexibility index (Phi) is 5.11. The molecule has 114 valence electrons. The van der Waals surface area contributed by atoms with Gasteiger partial charge < -0.3 is 14.8 Å². The molecule has 2 rings (SSSR count). The van der Waals surface area contributed by atoms with E-state index in [0.717, 1.165) is 4.47 Å². The first-order valence-corrected chi connectivity index (χ1v) is 7.08. The van der Waals surface area contributed by atoms with Crippen molar-refractivity contribution in [3.63, 3.8) is 0 Å². The van der Waals surface area contributed by atoms with Crippen LogP contribution in [0.4, 0.5) is 11.5 Å². The SMILES string of the molecule is COC(=O)C(=N)c1cccnc1Nc1cc(Br)cc(OC)c1. The quantitative estimate of drug-likeness (QED) is 0.629. The number of halogens is 1. The van der Waals surface area contributed by atoms with E-state index in [4.69, 9.17) is 10.1 Å². The van der Waals surface area contributed by atoms with E-state index in [9.17, 15) is 4.79 Å². The Balaban J connectivity index is 2.36. The third kappa shape index (κ3) is 3.62. The number of esters is 1. The summed E-state index contributed by atoms with van der Waals surface area (Å²) in [5, 5.41) is 11.0. The summed E-state index contributed by atoms with van der Waals surface area (Å²) in [6.07, 6.45) is 1.58. The Morgan fingerprint density at radius 3 is 2.77 bits per heavy atom. The van der Waals surface area contributed by atoms with Gasteiger partial charge in [-0.05, 0) is 24.3 Å². The molecule has 2 N–H and O–H groups in total. The van der Waals surface area contributed by atoms with E-state index in [2.05, 4.69) is 31.0 Å². The van der Waals surface area contributed by atoms with Crippen LogP contribution in [-0.4, -0.2) is 30.9 Å². The number of pyridine rings is 1. The first kappa shape index (κ1) is 16.0. The normalized spacial score (nSPS) is 9.95. The first-order valence-electron chi connectivity index (χ1n) is 6.29. The number of nitrogens with one attached hydrogen (secondary N) is 2. The molecule has 0 radical (unpaired) electrons. The second-order valence-electron chi connectivity index (χ2n) is 4.27. The lowest BCUT2D eigenvalue weighted by Crippen LogP contribution is -2.17. The van der Waals surface area contributed by atoms with Crippen LogP contribution in [0.3, 0.4) is 0 Å². The summed E-state index contributed by atoms with van der Waals surface area (Å²) >= 11 is 3.39. The Morgan fingerprint density at radius 2 is 2.09 bits per heavy atom. The lowest BCUT2D eigenvalue weighted by Gasteiger charge is -2.12. The second kappa shape index (κ2) is 7.04. The summed E-state index contributed by atoms with van der Waals surface area (Å²) in [5.74, 6) is 0.332. The molecule has 0 unspecified atom stereocenters. The van der Waals surface area contributed by atoms with Crippen molar-refractivity contribution in [3.8, 4) is 5.75 Å². The number of hydrogen-bond acceptors (Lipinski definition) is 6. The summed E-state index contributed by atoms with van der Waals surface area (Å²) in [7, 11) is 2.81. The third-order valence-electron chi connectivity index (χ3n) is 2.84. The largest absolute Gasteiger partial charge is 0.497 e. The van der Waals surface area contributed by atoms with Gasteiger partial charge in [-0.25, -0.2) is 9.78 Å². The molecule has 0 atom stereocenters. The highest BCUT2D eigenvalue weighted by Gasteiger charge is 2.17. The van der Waals surface area contributed by atoms with E-state index in [1.54, 1.807) is 31.5 Å². The molecule has 7 heteroatoms. The highest BCUT2D eigenvalue weighted by molar-refractivity contribution is 9.10. The molecular formula is C15H14BrN3O3.